The van der Waals surface area contributed by atoms with Crippen LogP contribution in [0.4, 0.5) is 19.0 Å². The Hall–Kier alpha value is -1.42. The number of thioether (sulfide) groups is 1. The minimum absolute atomic E-state index is 0.148. The van der Waals surface area contributed by atoms with Gasteiger partial charge in [0.25, 0.3) is 0 Å². The molecule has 0 spiro atoms. The number of aryl methyl sites for hydroxylation is 1. The fraction of sp³-hybridized carbons (Fsp3) is 0.455. The Morgan fingerprint density at radius 3 is 2.72 bits per heavy atom. The number of nitriles is 1. The molecule has 1 aromatic heterocycles. The van der Waals surface area contributed by atoms with Gasteiger partial charge in [-0.1, -0.05) is 0 Å². The minimum Gasteiger partial charge on any atom is -0.345 e. The van der Waals surface area contributed by atoms with E-state index in [1.165, 1.54) is 6.92 Å². The van der Waals surface area contributed by atoms with Crippen molar-refractivity contribution in [3.8, 4) is 6.07 Å². The number of hydrogen-bond donors (Lipinski definition) is 0. The molecule has 1 saturated heterocycles. The lowest BCUT2D eigenvalue weighted by Crippen LogP contribution is -2.23. The van der Waals surface area contributed by atoms with Crippen LogP contribution in [0.25, 0.3) is 0 Å². The van der Waals surface area contributed by atoms with Crippen molar-refractivity contribution in [2.45, 2.75) is 13.1 Å². The zero-order chi connectivity index (χ0) is 13.3. The van der Waals surface area contributed by atoms with Crippen molar-refractivity contribution in [3.05, 3.63) is 22.9 Å². The van der Waals surface area contributed by atoms with Gasteiger partial charge < -0.3 is 4.90 Å². The van der Waals surface area contributed by atoms with E-state index in [1.54, 1.807) is 22.7 Å². The van der Waals surface area contributed by atoms with E-state index in [0.717, 1.165) is 11.8 Å². The summed E-state index contributed by atoms with van der Waals surface area (Å²) >= 11 is 1.61. The normalized spacial score (nSPS) is 15.8. The molecule has 2 heterocycles. The molecule has 0 bridgehead atoms. The molecule has 1 fully saturated rings. The third kappa shape index (κ3) is 2.38. The fourth-order valence-corrected chi connectivity index (χ4v) is 2.75. The monoisotopic (exact) mass is 273 g/mol. The number of aromatic nitrogens is 1. The van der Waals surface area contributed by atoms with Crippen LogP contribution in [0, 0.1) is 18.3 Å². The van der Waals surface area contributed by atoms with Crippen molar-refractivity contribution in [1.29, 1.82) is 5.26 Å². The van der Waals surface area contributed by atoms with Crippen LogP contribution in [0.5, 0.6) is 0 Å². The SMILES string of the molecule is Cc1cc(C(F)(F)F)c(C#N)c(N2CCSC2)n1. The van der Waals surface area contributed by atoms with Gasteiger partial charge in [0.2, 0.25) is 0 Å². The Balaban J connectivity index is 2.59. The van der Waals surface area contributed by atoms with Gasteiger partial charge in [0, 0.05) is 18.0 Å². The largest absolute Gasteiger partial charge is 0.417 e. The molecule has 0 radical (unpaired) electrons. The summed E-state index contributed by atoms with van der Waals surface area (Å²) in [6.45, 7) is 2.12. The zero-order valence-corrected chi connectivity index (χ0v) is 10.4. The van der Waals surface area contributed by atoms with Gasteiger partial charge in [0.15, 0.2) is 0 Å². The molecule has 0 aliphatic carbocycles. The first-order valence-corrected chi connectivity index (χ1v) is 6.40. The van der Waals surface area contributed by atoms with Gasteiger partial charge in [-0.25, -0.2) is 4.98 Å². The smallest absolute Gasteiger partial charge is 0.345 e. The molecule has 0 unspecified atom stereocenters. The van der Waals surface area contributed by atoms with Crippen molar-refractivity contribution in [3.63, 3.8) is 0 Å². The molecule has 0 N–H and O–H groups in total. The second kappa shape index (κ2) is 4.69. The van der Waals surface area contributed by atoms with E-state index in [4.69, 9.17) is 5.26 Å². The maximum atomic E-state index is 12.9. The highest BCUT2D eigenvalue weighted by molar-refractivity contribution is 7.99. The van der Waals surface area contributed by atoms with Gasteiger partial charge in [0.05, 0.1) is 11.4 Å². The first-order valence-electron chi connectivity index (χ1n) is 5.25. The third-order valence-electron chi connectivity index (χ3n) is 2.60. The van der Waals surface area contributed by atoms with Crippen LogP contribution in [0.15, 0.2) is 6.07 Å². The fourth-order valence-electron chi connectivity index (χ4n) is 1.80. The summed E-state index contributed by atoms with van der Waals surface area (Å²) in [5.74, 6) is 1.56. The predicted molar refractivity (Wildman–Crippen MR) is 63.4 cm³/mol. The Morgan fingerprint density at radius 2 is 2.22 bits per heavy atom. The van der Waals surface area contributed by atoms with Gasteiger partial charge in [-0.3, -0.25) is 0 Å². The van der Waals surface area contributed by atoms with Gasteiger partial charge in [-0.2, -0.15) is 18.4 Å². The molecular weight excluding hydrogens is 263 g/mol. The lowest BCUT2D eigenvalue weighted by molar-refractivity contribution is -0.137. The van der Waals surface area contributed by atoms with Crippen molar-refractivity contribution in [2.75, 3.05) is 23.1 Å². The van der Waals surface area contributed by atoms with Crippen molar-refractivity contribution in [2.24, 2.45) is 0 Å². The second-order valence-corrected chi connectivity index (χ2v) is 4.99. The summed E-state index contributed by atoms with van der Waals surface area (Å²) in [6.07, 6.45) is -4.53. The van der Waals surface area contributed by atoms with E-state index in [2.05, 4.69) is 4.98 Å². The summed E-state index contributed by atoms with van der Waals surface area (Å²) in [5.41, 5.74) is -1.01. The third-order valence-corrected chi connectivity index (χ3v) is 3.56. The van der Waals surface area contributed by atoms with Gasteiger partial charge >= 0.3 is 6.18 Å². The van der Waals surface area contributed by atoms with E-state index in [0.29, 0.717) is 12.4 Å². The molecule has 3 nitrogen and oxygen atoms in total. The molecule has 1 aromatic rings. The lowest BCUT2D eigenvalue weighted by atomic mass is 10.1. The van der Waals surface area contributed by atoms with Crippen LogP contribution in [-0.2, 0) is 6.18 Å². The van der Waals surface area contributed by atoms with Gasteiger partial charge in [0.1, 0.15) is 17.5 Å². The minimum atomic E-state index is -4.53. The lowest BCUT2D eigenvalue weighted by Gasteiger charge is -2.20. The standard InChI is InChI=1S/C11H10F3N3S/c1-7-4-9(11(12,13)14)8(5-15)10(16-7)17-2-3-18-6-17/h4H,2-3,6H2,1H3. The van der Waals surface area contributed by atoms with E-state index in [1.807, 2.05) is 0 Å². The number of hydrogen-bond acceptors (Lipinski definition) is 4. The van der Waals surface area contributed by atoms with Crippen molar-refractivity contribution >= 4 is 17.6 Å². The summed E-state index contributed by atoms with van der Waals surface area (Å²) in [4.78, 5) is 5.80. The summed E-state index contributed by atoms with van der Waals surface area (Å²) in [6, 6.07) is 2.56. The van der Waals surface area contributed by atoms with Gasteiger partial charge in [-0.05, 0) is 13.0 Å². The average molecular weight is 273 g/mol. The highest BCUT2D eigenvalue weighted by Gasteiger charge is 2.36. The number of alkyl halides is 3. The molecular formula is C11H10F3N3S. The van der Waals surface area contributed by atoms with E-state index < -0.39 is 11.7 Å². The van der Waals surface area contributed by atoms with E-state index >= 15 is 0 Å². The molecule has 7 heteroatoms. The molecule has 0 atom stereocenters. The van der Waals surface area contributed by atoms with Crippen LogP contribution < -0.4 is 4.90 Å². The molecule has 0 amide bonds. The molecule has 2 rings (SSSR count). The number of pyridine rings is 1. The number of anilines is 1. The molecule has 1 aliphatic rings. The number of rotatable bonds is 1. The maximum Gasteiger partial charge on any atom is 0.417 e. The Kier molecular flexibility index (Phi) is 3.39. The molecule has 0 saturated carbocycles. The quantitative estimate of drug-likeness (QED) is 0.789. The van der Waals surface area contributed by atoms with Crippen molar-refractivity contribution < 1.29 is 13.2 Å². The van der Waals surface area contributed by atoms with Crippen LogP contribution in [0.1, 0.15) is 16.8 Å². The van der Waals surface area contributed by atoms with Crippen LogP contribution in [-0.4, -0.2) is 23.2 Å². The molecule has 0 aromatic carbocycles. The first-order chi connectivity index (χ1) is 8.43. The molecule has 1 aliphatic heterocycles. The Bertz CT molecular complexity index is 501. The summed E-state index contributed by atoms with van der Waals surface area (Å²) in [7, 11) is 0. The maximum absolute atomic E-state index is 12.9. The van der Waals surface area contributed by atoms with E-state index in [-0.39, 0.29) is 17.1 Å². The summed E-state index contributed by atoms with van der Waals surface area (Å²) in [5, 5.41) is 8.99. The second-order valence-electron chi connectivity index (χ2n) is 3.92. The molecule has 96 valence electrons. The topological polar surface area (TPSA) is 39.9 Å². The van der Waals surface area contributed by atoms with Gasteiger partial charge in [-0.15, -0.1) is 11.8 Å². The highest BCUT2D eigenvalue weighted by atomic mass is 32.2. The van der Waals surface area contributed by atoms with E-state index in [9.17, 15) is 13.2 Å². The molecule has 18 heavy (non-hydrogen) atoms. The van der Waals surface area contributed by atoms with Crippen LogP contribution in [0.3, 0.4) is 0 Å². The first kappa shape index (κ1) is 13.0. The Morgan fingerprint density at radius 1 is 1.50 bits per heavy atom. The zero-order valence-electron chi connectivity index (χ0n) is 9.58. The number of halogens is 3. The van der Waals surface area contributed by atoms with Crippen LogP contribution >= 0.6 is 11.8 Å². The predicted octanol–water partition coefficient (Wildman–Crippen LogP) is 2.79. The summed E-state index contributed by atoms with van der Waals surface area (Å²) < 4.78 is 38.6. The number of nitrogens with zero attached hydrogens (tertiary/aromatic N) is 3. The van der Waals surface area contributed by atoms with Crippen molar-refractivity contribution in [1.82, 2.24) is 4.98 Å². The average Bonchev–Trinajstić information content (AvgIpc) is 2.80. The highest BCUT2D eigenvalue weighted by Crippen LogP contribution is 2.36. The van der Waals surface area contributed by atoms with Crippen LogP contribution in [0.2, 0.25) is 0 Å². The Labute approximate surface area is 107 Å².